The number of benzene rings is 1. The predicted octanol–water partition coefficient (Wildman–Crippen LogP) is 3.55. The van der Waals surface area contributed by atoms with Crippen LogP contribution in [0, 0.1) is 13.8 Å². The molecule has 1 fully saturated rings. The molecule has 2 heterocycles. The lowest BCUT2D eigenvalue weighted by atomic mass is 10.1. The lowest BCUT2D eigenvalue weighted by Crippen LogP contribution is -2.41. The molecule has 0 spiro atoms. The standard InChI is InChI=1S/C19H24Cl2N4O/c1-12-16(10-19(26)24-8-4-5-15(24)11-22-3)13(2)25(23-12)14-6-7-17(20)18(21)9-14/h6-7,9,15,22H,4-5,8,10-11H2,1-3H3. The van der Waals surface area contributed by atoms with Gasteiger partial charge >= 0.3 is 0 Å². The molecule has 3 rings (SSSR count). The first-order valence-corrected chi connectivity index (χ1v) is 9.62. The summed E-state index contributed by atoms with van der Waals surface area (Å²) in [5, 5.41) is 8.80. The number of halogens is 2. The maximum atomic E-state index is 12.9. The van der Waals surface area contributed by atoms with Crippen LogP contribution in [0.1, 0.15) is 29.8 Å². The van der Waals surface area contributed by atoms with Gasteiger partial charge in [0.15, 0.2) is 0 Å². The number of nitrogens with one attached hydrogen (secondary N) is 1. The van der Waals surface area contributed by atoms with Crippen molar-refractivity contribution in [3.8, 4) is 5.69 Å². The van der Waals surface area contributed by atoms with Crippen molar-refractivity contribution in [2.24, 2.45) is 0 Å². The van der Waals surface area contributed by atoms with Crippen LogP contribution in [0.2, 0.25) is 10.0 Å². The molecule has 26 heavy (non-hydrogen) atoms. The Morgan fingerprint density at radius 1 is 1.31 bits per heavy atom. The summed E-state index contributed by atoms with van der Waals surface area (Å²) in [5.41, 5.74) is 3.65. The van der Waals surface area contributed by atoms with Crippen molar-refractivity contribution in [2.45, 2.75) is 39.2 Å². The number of aromatic nitrogens is 2. The molecular formula is C19H24Cl2N4O. The van der Waals surface area contributed by atoms with Crippen LogP contribution >= 0.6 is 23.2 Å². The zero-order chi connectivity index (χ0) is 18.8. The van der Waals surface area contributed by atoms with Gasteiger partial charge in [-0.25, -0.2) is 4.68 Å². The summed E-state index contributed by atoms with van der Waals surface area (Å²) in [5.74, 6) is 0.169. The molecule has 1 unspecified atom stereocenters. The van der Waals surface area contributed by atoms with Gasteiger partial charge in [-0.3, -0.25) is 4.79 Å². The third kappa shape index (κ3) is 3.75. The number of rotatable bonds is 5. The Bertz CT molecular complexity index is 818. The minimum absolute atomic E-state index is 0.169. The van der Waals surface area contributed by atoms with E-state index in [1.165, 1.54) is 0 Å². The molecule has 0 radical (unpaired) electrons. The second-order valence-electron chi connectivity index (χ2n) is 6.78. The summed E-state index contributed by atoms with van der Waals surface area (Å²) < 4.78 is 1.83. The highest BCUT2D eigenvalue weighted by Gasteiger charge is 2.29. The zero-order valence-electron chi connectivity index (χ0n) is 15.4. The predicted molar refractivity (Wildman–Crippen MR) is 105 cm³/mol. The van der Waals surface area contributed by atoms with E-state index in [4.69, 9.17) is 23.2 Å². The normalized spacial score (nSPS) is 17.1. The molecular weight excluding hydrogens is 371 g/mol. The molecule has 1 aliphatic rings. The van der Waals surface area contributed by atoms with Crippen molar-refractivity contribution in [3.05, 3.63) is 45.2 Å². The molecule has 1 saturated heterocycles. The summed E-state index contributed by atoms with van der Waals surface area (Å²) in [7, 11) is 1.93. The number of likely N-dealkylation sites (tertiary alicyclic amines) is 1. The quantitative estimate of drug-likeness (QED) is 0.843. The van der Waals surface area contributed by atoms with Gasteiger partial charge < -0.3 is 10.2 Å². The third-order valence-corrected chi connectivity index (χ3v) is 5.79. The summed E-state index contributed by atoms with van der Waals surface area (Å²) in [4.78, 5) is 14.9. The summed E-state index contributed by atoms with van der Waals surface area (Å²) >= 11 is 12.1. The average Bonchev–Trinajstić information content (AvgIpc) is 3.17. The number of hydrogen-bond donors (Lipinski definition) is 1. The highest BCUT2D eigenvalue weighted by atomic mass is 35.5. The Morgan fingerprint density at radius 2 is 2.08 bits per heavy atom. The van der Waals surface area contributed by atoms with Gasteiger partial charge in [-0.1, -0.05) is 23.2 Å². The number of likely N-dealkylation sites (N-methyl/N-ethyl adjacent to an activating group) is 1. The van der Waals surface area contributed by atoms with Gasteiger partial charge in [0.1, 0.15) is 0 Å². The highest BCUT2D eigenvalue weighted by molar-refractivity contribution is 6.42. The molecule has 0 saturated carbocycles. The van der Waals surface area contributed by atoms with E-state index in [0.29, 0.717) is 22.5 Å². The Labute approximate surface area is 164 Å². The first-order valence-electron chi connectivity index (χ1n) is 8.87. The minimum atomic E-state index is 0.169. The zero-order valence-corrected chi connectivity index (χ0v) is 16.9. The lowest BCUT2D eigenvalue weighted by molar-refractivity contribution is -0.131. The SMILES string of the molecule is CNCC1CCCN1C(=O)Cc1c(C)nn(-c2ccc(Cl)c(Cl)c2)c1C. The van der Waals surface area contributed by atoms with Gasteiger partial charge in [0.2, 0.25) is 5.91 Å². The number of aryl methyl sites for hydroxylation is 1. The van der Waals surface area contributed by atoms with Crippen molar-refractivity contribution in [1.29, 1.82) is 0 Å². The first-order chi connectivity index (χ1) is 12.4. The van der Waals surface area contributed by atoms with Crippen molar-refractivity contribution >= 4 is 29.1 Å². The molecule has 1 N–H and O–H groups in total. The minimum Gasteiger partial charge on any atom is -0.338 e. The van der Waals surface area contributed by atoms with Crippen LogP contribution < -0.4 is 5.32 Å². The molecule has 1 aromatic carbocycles. The van der Waals surface area contributed by atoms with Crippen LogP contribution in [0.25, 0.3) is 5.69 Å². The van der Waals surface area contributed by atoms with E-state index >= 15 is 0 Å². The van der Waals surface area contributed by atoms with Crippen LogP contribution in [0.3, 0.4) is 0 Å². The molecule has 140 valence electrons. The number of carbonyl (C=O) groups is 1. The summed E-state index contributed by atoms with van der Waals surface area (Å²) in [6.45, 7) is 5.61. The molecule has 7 heteroatoms. The molecule has 1 aliphatic heterocycles. The van der Waals surface area contributed by atoms with Gasteiger partial charge in [0.05, 0.1) is 27.8 Å². The largest absolute Gasteiger partial charge is 0.338 e. The van der Waals surface area contributed by atoms with E-state index in [0.717, 1.165) is 48.6 Å². The van der Waals surface area contributed by atoms with E-state index in [9.17, 15) is 4.79 Å². The van der Waals surface area contributed by atoms with E-state index in [1.54, 1.807) is 12.1 Å². The van der Waals surface area contributed by atoms with Gasteiger partial charge in [-0.2, -0.15) is 5.10 Å². The van der Waals surface area contributed by atoms with E-state index in [-0.39, 0.29) is 5.91 Å². The number of amides is 1. The van der Waals surface area contributed by atoms with Gasteiger partial charge in [-0.05, 0) is 51.9 Å². The number of hydrogen-bond acceptors (Lipinski definition) is 3. The fourth-order valence-electron chi connectivity index (χ4n) is 3.66. The van der Waals surface area contributed by atoms with Crippen LogP contribution in [0.15, 0.2) is 18.2 Å². The molecule has 1 aromatic heterocycles. The first kappa shape index (κ1) is 19.2. The van der Waals surface area contributed by atoms with Crippen LogP contribution in [0.5, 0.6) is 0 Å². The van der Waals surface area contributed by atoms with Crippen molar-refractivity contribution < 1.29 is 4.79 Å². The van der Waals surface area contributed by atoms with Crippen molar-refractivity contribution in [2.75, 3.05) is 20.1 Å². The van der Waals surface area contributed by atoms with Crippen molar-refractivity contribution in [3.63, 3.8) is 0 Å². The van der Waals surface area contributed by atoms with E-state index < -0.39 is 0 Å². The summed E-state index contributed by atoms with van der Waals surface area (Å²) in [6.07, 6.45) is 2.50. The molecule has 5 nitrogen and oxygen atoms in total. The topological polar surface area (TPSA) is 50.2 Å². The lowest BCUT2D eigenvalue weighted by Gasteiger charge is -2.24. The van der Waals surface area contributed by atoms with E-state index in [1.807, 2.05) is 36.5 Å². The second kappa shape index (κ2) is 7.99. The number of nitrogens with zero attached hydrogens (tertiary/aromatic N) is 3. The maximum Gasteiger partial charge on any atom is 0.227 e. The smallest absolute Gasteiger partial charge is 0.227 e. The Morgan fingerprint density at radius 3 is 2.77 bits per heavy atom. The highest BCUT2D eigenvalue weighted by Crippen LogP contribution is 2.27. The van der Waals surface area contributed by atoms with Crippen LogP contribution in [-0.4, -0.2) is 46.8 Å². The van der Waals surface area contributed by atoms with Gasteiger partial charge in [0.25, 0.3) is 0 Å². The molecule has 2 aromatic rings. The Hall–Kier alpha value is -1.56. The average molecular weight is 395 g/mol. The van der Waals surface area contributed by atoms with Gasteiger partial charge in [-0.15, -0.1) is 0 Å². The third-order valence-electron chi connectivity index (χ3n) is 5.05. The van der Waals surface area contributed by atoms with Crippen molar-refractivity contribution in [1.82, 2.24) is 20.0 Å². The van der Waals surface area contributed by atoms with Crippen LogP contribution in [0.4, 0.5) is 0 Å². The monoisotopic (exact) mass is 394 g/mol. The fraction of sp³-hybridized carbons (Fsp3) is 0.474. The van der Waals surface area contributed by atoms with E-state index in [2.05, 4.69) is 10.4 Å². The number of carbonyl (C=O) groups excluding carboxylic acids is 1. The molecule has 0 aliphatic carbocycles. The second-order valence-corrected chi connectivity index (χ2v) is 7.59. The van der Waals surface area contributed by atoms with Crippen LogP contribution in [-0.2, 0) is 11.2 Å². The molecule has 0 bridgehead atoms. The molecule has 1 amide bonds. The summed E-state index contributed by atoms with van der Waals surface area (Å²) in [6, 6.07) is 5.71. The maximum absolute atomic E-state index is 12.9. The van der Waals surface area contributed by atoms with Gasteiger partial charge in [0, 0.05) is 30.4 Å². The molecule has 1 atom stereocenters. The fourth-order valence-corrected chi connectivity index (χ4v) is 3.96. The Balaban J connectivity index is 1.84. The Kier molecular flexibility index (Phi) is 5.90.